The predicted molar refractivity (Wildman–Crippen MR) is 54.6 cm³/mol. The lowest BCUT2D eigenvalue weighted by molar-refractivity contribution is 0.00465. The van der Waals surface area contributed by atoms with Gasteiger partial charge >= 0.3 is 0 Å². The van der Waals surface area contributed by atoms with Crippen LogP contribution in [0.15, 0.2) is 17.7 Å². The molecule has 2 heteroatoms. The molecule has 0 spiro atoms. The van der Waals surface area contributed by atoms with Gasteiger partial charge in [-0.05, 0) is 19.8 Å². The standard InChI is InChI=1S/C12H16O2/c1-3-8(2)14-12-10-5-4-9(6-10)11(12)7-13/h4-5,8-10,12H,3,6H2,1-2H3. The van der Waals surface area contributed by atoms with Crippen LogP contribution in [0.1, 0.15) is 26.7 Å². The molecule has 0 heterocycles. The molecule has 0 radical (unpaired) electrons. The second kappa shape index (κ2) is 3.72. The van der Waals surface area contributed by atoms with E-state index in [0.29, 0.717) is 11.8 Å². The van der Waals surface area contributed by atoms with Gasteiger partial charge in [0.25, 0.3) is 0 Å². The van der Waals surface area contributed by atoms with E-state index in [1.165, 1.54) is 0 Å². The third-order valence-electron chi connectivity index (χ3n) is 3.28. The Morgan fingerprint density at radius 2 is 2.43 bits per heavy atom. The molecule has 0 amide bonds. The third-order valence-corrected chi connectivity index (χ3v) is 3.28. The molecule has 4 atom stereocenters. The molecule has 0 aromatic heterocycles. The summed E-state index contributed by atoms with van der Waals surface area (Å²) in [4.78, 5) is 10.8. The molecular formula is C12H16O2. The maximum atomic E-state index is 10.8. The maximum absolute atomic E-state index is 10.8. The summed E-state index contributed by atoms with van der Waals surface area (Å²) in [6.07, 6.45) is 6.57. The van der Waals surface area contributed by atoms with Gasteiger partial charge in [-0.25, -0.2) is 4.79 Å². The van der Waals surface area contributed by atoms with Crippen LogP contribution in [-0.2, 0) is 9.53 Å². The summed E-state index contributed by atoms with van der Waals surface area (Å²) in [7, 11) is 0. The van der Waals surface area contributed by atoms with E-state index in [-0.39, 0.29) is 12.2 Å². The normalized spacial score (nSPS) is 36.1. The van der Waals surface area contributed by atoms with Gasteiger partial charge in [-0.15, -0.1) is 0 Å². The Labute approximate surface area is 84.6 Å². The minimum atomic E-state index is 0.0115. The highest BCUT2D eigenvalue weighted by atomic mass is 16.5. The van der Waals surface area contributed by atoms with E-state index in [4.69, 9.17) is 4.74 Å². The monoisotopic (exact) mass is 192 g/mol. The third kappa shape index (κ3) is 1.45. The Balaban J connectivity index is 2.12. The van der Waals surface area contributed by atoms with Crippen LogP contribution in [0.2, 0.25) is 0 Å². The van der Waals surface area contributed by atoms with E-state index in [2.05, 4.69) is 31.9 Å². The number of ether oxygens (including phenoxy) is 1. The number of rotatable bonds is 3. The van der Waals surface area contributed by atoms with E-state index in [1.54, 1.807) is 0 Å². The van der Waals surface area contributed by atoms with Gasteiger partial charge < -0.3 is 4.74 Å². The molecule has 2 aliphatic rings. The zero-order chi connectivity index (χ0) is 10.1. The van der Waals surface area contributed by atoms with Crippen molar-refractivity contribution in [1.29, 1.82) is 0 Å². The molecule has 76 valence electrons. The van der Waals surface area contributed by atoms with Gasteiger partial charge in [-0.3, -0.25) is 0 Å². The Bertz CT molecular complexity index is 299. The largest absolute Gasteiger partial charge is 0.370 e. The van der Waals surface area contributed by atoms with Crippen LogP contribution in [0.5, 0.6) is 0 Å². The molecule has 4 unspecified atom stereocenters. The summed E-state index contributed by atoms with van der Waals surface area (Å²) < 4.78 is 5.85. The van der Waals surface area contributed by atoms with Crippen LogP contribution in [-0.4, -0.2) is 18.1 Å². The van der Waals surface area contributed by atoms with Crippen molar-refractivity contribution in [3.63, 3.8) is 0 Å². The Kier molecular flexibility index (Phi) is 2.58. The highest BCUT2D eigenvalue weighted by Crippen LogP contribution is 2.44. The topological polar surface area (TPSA) is 26.3 Å². The average Bonchev–Trinajstić information content (AvgIpc) is 2.77. The second-order valence-corrected chi connectivity index (χ2v) is 4.22. The Morgan fingerprint density at radius 3 is 3.07 bits per heavy atom. The van der Waals surface area contributed by atoms with Crippen molar-refractivity contribution in [2.45, 2.75) is 38.9 Å². The molecule has 0 aromatic rings. The molecule has 2 aliphatic carbocycles. The molecule has 0 saturated heterocycles. The zero-order valence-corrected chi connectivity index (χ0v) is 8.69. The van der Waals surface area contributed by atoms with Gasteiger partial charge in [0.2, 0.25) is 0 Å². The van der Waals surface area contributed by atoms with Crippen molar-refractivity contribution in [2.75, 3.05) is 0 Å². The zero-order valence-electron chi connectivity index (χ0n) is 8.69. The van der Waals surface area contributed by atoms with Gasteiger partial charge in [0.15, 0.2) is 0 Å². The maximum Gasteiger partial charge on any atom is 0.126 e. The smallest absolute Gasteiger partial charge is 0.126 e. The fourth-order valence-corrected chi connectivity index (χ4v) is 2.28. The summed E-state index contributed by atoms with van der Waals surface area (Å²) in [5.41, 5.74) is 0.831. The van der Waals surface area contributed by atoms with Crippen LogP contribution in [0.25, 0.3) is 0 Å². The highest BCUT2D eigenvalue weighted by Gasteiger charge is 2.42. The first-order chi connectivity index (χ1) is 6.76. The second-order valence-electron chi connectivity index (χ2n) is 4.22. The minimum Gasteiger partial charge on any atom is -0.370 e. The van der Waals surface area contributed by atoms with Crippen molar-refractivity contribution in [2.24, 2.45) is 11.8 Å². The first-order valence-corrected chi connectivity index (χ1v) is 5.35. The van der Waals surface area contributed by atoms with E-state index in [9.17, 15) is 4.79 Å². The highest BCUT2D eigenvalue weighted by molar-refractivity contribution is 5.59. The van der Waals surface area contributed by atoms with Crippen LogP contribution in [0.3, 0.4) is 0 Å². The van der Waals surface area contributed by atoms with Crippen LogP contribution < -0.4 is 0 Å². The molecule has 2 bridgehead atoms. The van der Waals surface area contributed by atoms with E-state index >= 15 is 0 Å². The molecule has 14 heavy (non-hydrogen) atoms. The fourth-order valence-electron chi connectivity index (χ4n) is 2.28. The molecule has 2 nitrogen and oxygen atoms in total. The van der Waals surface area contributed by atoms with Crippen LogP contribution in [0.4, 0.5) is 0 Å². The summed E-state index contributed by atoms with van der Waals surface area (Å²) in [6, 6.07) is 0. The van der Waals surface area contributed by atoms with Gasteiger partial charge in [-0.2, -0.15) is 0 Å². The van der Waals surface area contributed by atoms with E-state index in [0.717, 1.165) is 18.4 Å². The molecular weight excluding hydrogens is 176 g/mol. The molecule has 0 aromatic carbocycles. The molecule has 2 rings (SSSR count). The SMILES string of the molecule is CCC(C)OC1C(=C=O)C2C=CC1C2. The number of fused-ring (bicyclic) bond motifs is 2. The van der Waals surface area contributed by atoms with Crippen molar-refractivity contribution in [3.8, 4) is 0 Å². The Hall–Kier alpha value is -0.850. The first-order valence-electron chi connectivity index (χ1n) is 5.35. The summed E-state index contributed by atoms with van der Waals surface area (Å²) in [5.74, 6) is 2.80. The average molecular weight is 192 g/mol. The van der Waals surface area contributed by atoms with Gasteiger partial charge in [0.1, 0.15) is 5.94 Å². The van der Waals surface area contributed by atoms with Crippen LogP contribution in [0, 0.1) is 11.8 Å². The van der Waals surface area contributed by atoms with Gasteiger partial charge in [-0.1, -0.05) is 19.1 Å². The molecule has 1 saturated carbocycles. The Morgan fingerprint density at radius 1 is 1.64 bits per heavy atom. The van der Waals surface area contributed by atoms with Crippen molar-refractivity contribution >= 4 is 5.94 Å². The molecule has 1 fully saturated rings. The number of carbonyl (C=O) groups excluding carboxylic acids is 1. The van der Waals surface area contributed by atoms with Crippen molar-refractivity contribution in [1.82, 2.24) is 0 Å². The summed E-state index contributed by atoms with van der Waals surface area (Å²) in [5, 5.41) is 0. The summed E-state index contributed by atoms with van der Waals surface area (Å²) in [6.45, 7) is 4.15. The predicted octanol–water partition coefficient (Wildman–Crippen LogP) is 2.13. The number of allylic oxidation sites excluding steroid dienone is 1. The van der Waals surface area contributed by atoms with Crippen molar-refractivity contribution in [3.05, 3.63) is 17.7 Å². The van der Waals surface area contributed by atoms with E-state index < -0.39 is 0 Å². The fraction of sp³-hybridized carbons (Fsp3) is 0.667. The summed E-state index contributed by atoms with van der Waals surface area (Å²) >= 11 is 0. The van der Waals surface area contributed by atoms with Gasteiger partial charge in [0.05, 0.1) is 12.2 Å². The lowest BCUT2D eigenvalue weighted by Gasteiger charge is -2.23. The number of hydrogen-bond donors (Lipinski definition) is 0. The lowest BCUT2D eigenvalue weighted by Crippen LogP contribution is -2.25. The quantitative estimate of drug-likeness (QED) is 0.506. The van der Waals surface area contributed by atoms with Crippen LogP contribution >= 0.6 is 0 Å². The van der Waals surface area contributed by atoms with Crippen molar-refractivity contribution < 1.29 is 9.53 Å². The molecule has 0 aliphatic heterocycles. The first kappa shape index (κ1) is 9.70. The number of hydrogen-bond acceptors (Lipinski definition) is 2. The minimum absolute atomic E-state index is 0.0115. The lowest BCUT2D eigenvalue weighted by atomic mass is 9.99. The van der Waals surface area contributed by atoms with E-state index in [1.807, 2.05) is 0 Å². The molecule has 0 N–H and O–H groups in total. The van der Waals surface area contributed by atoms with Gasteiger partial charge in [0, 0.05) is 17.4 Å².